The first-order chi connectivity index (χ1) is 15.5. The summed E-state index contributed by atoms with van der Waals surface area (Å²) in [6.07, 6.45) is -0.911. The van der Waals surface area contributed by atoms with Crippen LogP contribution < -0.4 is 10.6 Å². The van der Waals surface area contributed by atoms with Crippen molar-refractivity contribution in [3.8, 4) is 0 Å². The number of nitrogens with zero attached hydrogens (tertiary/aromatic N) is 2. The number of carbonyl (C=O) groups excluding carboxylic acids is 3. The first-order valence-corrected chi connectivity index (χ1v) is 11.5. The molecule has 9 nitrogen and oxygen atoms in total. The highest BCUT2D eigenvalue weighted by atomic mass is 16.6. The lowest BCUT2D eigenvalue weighted by molar-refractivity contribution is -0.124. The second-order valence-corrected chi connectivity index (χ2v) is 9.53. The molecule has 1 aromatic carbocycles. The molecule has 184 valence electrons. The standard InChI is InChI=1S/C24H38N4O5/c1-18(2)20(26-22(30)32-17-19-9-7-6-8-10-19)21(29)25-11-12-27-13-15-28(16-14-27)23(31)33-24(3,4)5/h6-10,18,20H,11-17H2,1-5H3,(H,25,29)(H,26,30)/t20-/m0/s1. The zero-order chi connectivity index (χ0) is 24.4. The lowest BCUT2D eigenvalue weighted by Crippen LogP contribution is -2.53. The molecular weight excluding hydrogens is 424 g/mol. The van der Waals surface area contributed by atoms with Crippen LogP contribution in [0.1, 0.15) is 40.2 Å². The predicted molar refractivity (Wildman–Crippen MR) is 126 cm³/mol. The maximum Gasteiger partial charge on any atom is 0.410 e. The Kier molecular flexibility index (Phi) is 9.96. The van der Waals surface area contributed by atoms with Gasteiger partial charge in [0.1, 0.15) is 18.2 Å². The summed E-state index contributed by atoms with van der Waals surface area (Å²) >= 11 is 0. The molecule has 9 heteroatoms. The van der Waals surface area contributed by atoms with Crippen LogP contribution in [0.4, 0.5) is 9.59 Å². The molecule has 1 aliphatic heterocycles. The van der Waals surface area contributed by atoms with E-state index in [1.807, 2.05) is 65.0 Å². The minimum absolute atomic E-state index is 0.0911. The van der Waals surface area contributed by atoms with E-state index < -0.39 is 17.7 Å². The average Bonchev–Trinajstić information content (AvgIpc) is 2.75. The molecule has 1 saturated heterocycles. The van der Waals surface area contributed by atoms with Crippen molar-refractivity contribution in [3.63, 3.8) is 0 Å². The normalized spacial score (nSPS) is 15.6. The second-order valence-electron chi connectivity index (χ2n) is 9.53. The van der Waals surface area contributed by atoms with Gasteiger partial charge < -0.3 is 25.0 Å². The molecule has 1 aromatic rings. The lowest BCUT2D eigenvalue weighted by atomic mass is 10.0. The third-order valence-electron chi connectivity index (χ3n) is 5.19. The van der Waals surface area contributed by atoms with Gasteiger partial charge in [0.2, 0.25) is 5.91 Å². The number of alkyl carbamates (subject to hydrolysis) is 1. The third-order valence-corrected chi connectivity index (χ3v) is 5.19. The van der Waals surface area contributed by atoms with E-state index >= 15 is 0 Å². The third kappa shape index (κ3) is 9.69. The van der Waals surface area contributed by atoms with Gasteiger partial charge in [0, 0.05) is 39.3 Å². The Morgan fingerprint density at radius 3 is 2.24 bits per heavy atom. The number of carbonyl (C=O) groups is 3. The summed E-state index contributed by atoms with van der Waals surface area (Å²) in [6, 6.07) is 8.69. The van der Waals surface area contributed by atoms with Crippen molar-refractivity contribution < 1.29 is 23.9 Å². The number of rotatable bonds is 8. The molecular formula is C24H38N4O5. The number of amides is 3. The fraction of sp³-hybridized carbons (Fsp3) is 0.625. The van der Waals surface area contributed by atoms with Crippen LogP contribution in [0.5, 0.6) is 0 Å². The minimum Gasteiger partial charge on any atom is -0.445 e. The Labute approximate surface area is 196 Å². The van der Waals surface area contributed by atoms with Crippen LogP contribution in [0, 0.1) is 5.92 Å². The monoisotopic (exact) mass is 462 g/mol. The summed E-state index contributed by atoms with van der Waals surface area (Å²) in [6.45, 7) is 13.2. The minimum atomic E-state index is -0.683. The topological polar surface area (TPSA) is 100 Å². The van der Waals surface area contributed by atoms with E-state index in [9.17, 15) is 14.4 Å². The van der Waals surface area contributed by atoms with Crippen molar-refractivity contribution >= 4 is 18.1 Å². The largest absolute Gasteiger partial charge is 0.445 e. The fourth-order valence-corrected chi connectivity index (χ4v) is 3.35. The van der Waals surface area contributed by atoms with Crippen molar-refractivity contribution in [2.24, 2.45) is 5.92 Å². The van der Waals surface area contributed by atoms with E-state index in [0.29, 0.717) is 39.3 Å². The zero-order valence-electron chi connectivity index (χ0n) is 20.4. The summed E-state index contributed by atoms with van der Waals surface area (Å²) < 4.78 is 10.7. The summed E-state index contributed by atoms with van der Waals surface area (Å²) in [4.78, 5) is 40.9. The highest BCUT2D eigenvalue weighted by Gasteiger charge is 2.27. The highest BCUT2D eigenvalue weighted by molar-refractivity contribution is 5.85. The van der Waals surface area contributed by atoms with E-state index in [2.05, 4.69) is 15.5 Å². The van der Waals surface area contributed by atoms with Gasteiger partial charge in [0.15, 0.2) is 0 Å². The number of benzene rings is 1. The number of piperazine rings is 1. The molecule has 0 unspecified atom stereocenters. The SMILES string of the molecule is CC(C)[C@H](NC(=O)OCc1ccccc1)C(=O)NCCN1CCN(C(=O)OC(C)(C)C)CC1. The Balaban J connectivity index is 1.70. The predicted octanol–water partition coefficient (Wildman–Crippen LogP) is 2.61. The van der Waals surface area contributed by atoms with Crippen molar-refractivity contribution in [3.05, 3.63) is 35.9 Å². The van der Waals surface area contributed by atoms with Gasteiger partial charge in [-0.3, -0.25) is 9.69 Å². The Bertz CT molecular complexity index is 771. The van der Waals surface area contributed by atoms with Crippen molar-refractivity contribution in [1.29, 1.82) is 0 Å². The van der Waals surface area contributed by atoms with Gasteiger partial charge in [-0.15, -0.1) is 0 Å². The number of hydrogen-bond acceptors (Lipinski definition) is 6. The van der Waals surface area contributed by atoms with Crippen molar-refractivity contribution in [2.75, 3.05) is 39.3 Å². The lowest BCUT2D eigenvalue weighted by Gasteiger charge is -2.35. The number of hydrogen-bond donors (Lipinski definition) is 2. The maximum absolute atomic E-state index is 12.6. The van der Waals surface area contributed by atoms with E-state index in [-0.39, 0.29) is 24.5 Å². The van der Waals surface area contributed by atoms with Gasteiger partial charge in [-0.2, -0.15) is 0 Å². The molecule has 1 heterocycles. The quantitative estimate of drug-likeness (QED) is 0.616. The number of ether oxygens (including phenoxy) is 2. The number of nitrogens with one attached hydrogen (secondary N) is 2. The van der Waals surface area contributed by atoms with Crippen LogP contribution in [0.15, 0.2) is 30.3 Å². The summed E-state index contributed by atoms with van der Waals surface area (Å²) in [5.41, 5.74) is 0.373. The molecule has 0 radical (unpaired) electrons. The van der Waals surface area contributed by atoms with E-state index in [4.69, 9.17) is 9.47 Å². The molecule has 0 aliphatic carbocycles. The first kappa shape index (κ1) is 26.4. The maximum atomic E-state index is 12.6. The highest BCUT2D eigenvalue weighted by Crippen LogP contribution is 2.12. The van der Waals surface area contributed by atoms with Gasteiger partial charge >= 0.3 is 12.2 Å². The van der Waals surface area contributed by atoms with Gasteiger partial charge in [0.25, 0.3) is 0 Å². The molecule has 3 amide bonds. The van der Waals surface area contributed by atoms with E-state index in [1.165, 1.54) is 0 Å². The van der Waals surface area contributed by atoms with E-state index in [0.717, 1.165) is 5.56 Å². The molecule has 33 heavy (non-hydrogen) atoms. The summed E-state index contributed by atoms with van der Waals surface area (Å²) in [7, 11) is 0. The van der Waals surface area contributed by atoms with Crippen LogP contribution in [-0.2, 0) is 20.9 Å². The van der Waals surface area contributed by atoms with E-state index in [1.54, 1.807) is 4.90 Å². The van der Waals surface area contributed by atoms with Gasteiger partial charge in [-0.25, -0.2) is 9.59 Å². The smallest absolute Gasteiger partial charge is 0.410 e. The van der Waals surface area contributed by atoms with Crippen LogP contribution >= 0.6 is 0 Å². The Morgan fingerprint density at radius 2 is 1.67 bits per heavy atom. The molecule has 2 N–H and O–H groups in total. The van der Waals surface area contributed by atoms with Gasteiger partial charge in [-0.1, -0.05) is 44.2 Å². The average molecular weight is 463 g/mol. The van der Waals surface area contributed by atoms with Crippen LogP contribution in [0.25, 0.3) is 0 Å². The fourth-order valence-electron chi connectivity index (χ4n) is 3.35. The Hall–Kier alpha value is -2.81. The molecule has 1 atom stereocenters. The second kappa shape index (κ2) is 12.4. The molecule has 1 fully saturated rings. The molecule has 0 spiro atoms. The summed E-state index contributed by atoms with van der Waals surface area (Å²) in [5, 5.41) is 5.57. The van der Waals surface area contributed by atoms with Crippen molar-refractivity contribution in [1.82, 2.24) is 20.4 Å². The van der Waals surface area contributed by atoms with Gasteiger partial charge in [-0.05, 0) is 32.3 Å². The van der Waals surface area contributed by atoms with Crippen molar-refractivity contribution in [2.45, 2.75) is 52.9 Å². The molecule has 1 aliphatic rings. The summed E-state index contributed by atoms with van der Waals surface area (Å²) in [5.74, 6) is -0.333. The van der Waals surface area contributed by atoms with Crippen LogP contribution in [0.2, 0.25) is 0 Å². The molecule has 0 bridgehead atoms. The molecule has 0 saturated carbocycles. The molecule has 2 rings (SSSR count). The Morgan fingerprint density at radius 1 is 1.03 bits per heavy atom. The zero-order valence-corrected chi connectivity index (χ0v) is 20.4. The van der Waals surface area contributed by atoms with Crippen LogP contribution in [-0.4, -0.2) is 78.8 Å². The van der Waals surface area contributed by atoms with Gasteiger partial charge in [0.05, 0.1) is 0 Å². The first-order valence-electron chi connectivity index (χ1n) is 11.5. The molecule has 0 aromatic heterocycles. The van der Waals surface area contributed by atoms with Crippen LogP contribution in [0.3, 0.4) is 0 Å².